The van der Waals surface area contributed by atoms with Crippen LogP contribution < -0.4 is 0 Å². The Morgan fingerprint density at radius 1 is 0.889 bits per heavy atom. The molecule has 0 saturated heterocycles. The lowest BCUT2D eigenvalue weighted by Crippen LogP contribution is -1.93. The van der Waals surface area contributed by atoms with E-state index in [1.54, 1.807) is 30.3 Å². The number of carbonyl (C=O) groups is 1. The van der Waals surface area contributed by atoms with Gasteiger partial charge in [-0.1, -0.05) is 77.0 Å². The largest absolute Gasteiger partial charge is 0.478 e. The molecule has 0 heterocycles. The van der Waals surface area contributed by atoms with E-state index in [-0.39, 0.29) is 0 Å². The number of rotatable bonds is 7. The Morgan fingerprint density at radius 3 is 1.67 bits per heavy atom. The smallest absolute Gasteiger partial charge is 0.335 e. The van der Waals surface area contributed by atoms with Crippen LogP contribution in [0.15, 0.2) is 30.3 Å². The molecular formula is C16H26O2. The molecule has 18 heavy (non-hydrogen) atoms. The first kappa shape index (κ1) is 16.7. The molecule has 0 bridgehead atoms. The zero-order chi connectivity index (χ0) is 13.6. The van der Waals surface area contributed by atoms with E-state index < -0.39 is 5.97 Å². The van der Waals surface area contributed by atoms with Crippen LogP contribution in [0.5, 0.6) is 0 Å². The highest BCUT2D eigenvalue weighted by atomic mass is 16.4. The number of benzene rings is 1. The van der Waals surface area contributed by atoms with E-state index in [0.29, 0.717) is 5.56 Å². The SMILES string of the molecule is CCCCCCCCC.O=C(O)c1ccccc1. The summed E-state index contributed by atoms with van der Waals surface area (Å²) in [6, 6.07) is 8.30. The number of unbranched alkanes of at least 4 members (excludes halogenated alkanes) is 6. The van der Waals surface area contributed by atoms with Crippen LogP contribution in [0, 0.1) is 0 Å². The Kier molecular flexibility index (Phi) is 11.3. The molecule has 0 aliphatic heterocycles. The van der Waals surface area contributed by atoms with Gasteiger partial charge in [0, 0.05) is 0 Å². The summed E-state index contributed by atoms with van der Waals surface area (Å²) < 4.78 is 0. The first-order valence-corrected chi connectivity index (χ1v) is 7.00. The predicted molar refractivity (Wildman–Crippen MR) is 77.1 cm³/mol. The van der Waals surface area contributed by atoms with Crippen LogP contribution in [0.2, 0.25) is 0 Å². The Hall–Kier alpha value is -1.31. The normalized spacial score (nSPS) is 9.44. The second-order valence-electron chi connectivity index (χ2n) is 4.44. The summed E-state index contributed by atoms with van der Waals surface area (Å²) in [5, 5.41) is 8.38. The van der Waals surface area contributed by atoms with Gasteiger partial charge in [0.05, 0.1) is 5.56 Å². The second-order valence-corrected chi connectivity index (χ2v) is 4.44. The molecule has 0 radical (unpaired) electrons. The van der Waals surface area contributed by atoms with Crippen molar-refractivity contribution in [2.24, 2.45) is 0 Å². The van der Waals surface area contributed by atoms with Crippen molar-refractivity contribution < 1.29 is 9.90 Å². The third kappa shape index (κ3) is 9.88. The second kappa shape index (κ2) is 12.2. The fraction of sp³-hybridized carbons (Fsp3) is 0.562. The molecule has 0 amide bonds. The van der Waals surface area contributed by atoms with Gasteiger partial charge >= 0.3 is 5.97 Å². The van der Waals surface area contributed by atoms with Gasteiger partial charge in [0.1, 0.15) is 0 Å². The Balaban J connectivity index is 0.000000321. The van der Waals surface area contributed by atoms with Gasteiger partial charge in [0.15, 0.2) is 0 Å². The van der Waals surface area contributed by atoms with Crippen molar-refractivity contribution in [1.29, 1.82) is 0 Å². The number of hydrogen-bond donors (Lipinski definition) is 1. The minimum atomic E-state index is -0.879. The Labute approximate surface area is 111 Å². The third-order valence-electron chi connectivity index (χ3n) is 2.73. The average Bonchev–Trinajstić information content (AvgIpc) is 2.40. The molecule has 0 atom stereocenters. The maximum absolute atomic E-state index is 10.2. The van der Waals surface area contributed by atoms with Crippen LogP contribution >= 0.6 is 0 Å². The van der Waals surface area contributed by atoms with E-state index in [1.165, 1.54) is 44.9 Å². The first-order chi connectivity index (χ1) is 8.72. The number of carboxylic acid groups (broad SMARTS) is 1. The summed E-state index contributed by atoms with van der Waals surface area (Å²) in [7, 11) is 0. The number of carboxylic acids is 1. The van der Waals surface area contributed by atoms with Crippen molar-refractivity contribution in [3.05, 3.63) is 35.9 Å². The number of hydrogen-bond acceptors (Lipinski definition) is 1. The molecule has 2 heteroatoms. The van der Waals surface area contributed by atoms with Gasteiger partial charge in [-0.15, -0.1) is 0 Å². The standard InChI is InChI=1S/C9H20.C7H6O2/c1-3-5-7-9-8-6-4-2;8-7(9)6-4-2-1-3-5-6/h3-9H2,1-2H3;1-5H,(H,8,9). The molecule has 0 fully saturated rings. The van der Waals surface area contributed by atoms with Gasteiger partial charge < -0.3 is 5.11 Å². The van der Waals surface area contributed by atoms with E-state index in [9.17, 15) is 4.79 Å². The van der Waals surface area contributed by atoms with Gasteiger partial charge in [0.25, 0.3) is 0 Å². The van der Waals surface area contributed by atoms with Gasteiger partial charge in [-0.3, -0.25) is 0 Å². The summed E-state index contributed by atoms with van der Waals surface area (Å²) >= 11 is 0. The van der Waals surface area contributed by atoms with Crippen molar-refractivity contribution in [2.75, 3.05) is 0 Å². The van der Waals surface area contributed by atoms with Crippen molar-refractivity contribution in [3.63, 3.8) is 0 Å². The van der Waals surface area contributed by atoms with Crippen molar-refractivity contribution >= 4 is 5.97 Å². The molecule has 0 aliphatic rings. The molecule has 0 spiro atoms. The topological polar surface area (TPSA) is 37.3 Å². The van der Waals surface area contributed by atoms with Gasteiger partial charge in [-0.25, -0.2) is 4.79 Å². The van der Waals surface area contributed by atoms with Gasteiger partial charge in [-0.2, -0.15) is 0 Å². The Bertz CT molecular complexity index is 287. The Morgan fingerprint density at radius 2 is 1.33 bits per heavy atom. The predicted octanol–water partition coefficient (Wildman–Crippen LogP) is 5.14. The van der Waals surface area contributed by atoms with Crippen molar-refractivity contribution in [1.82, 2.24) is 0 Å². The molecule has 1 aromatic rings. The third-order valence-corrected chi connectivity index (χ3v) is 2.73. The molecule has 1 aromatic carbocycles. The summed E-state index contributed by atoms with van der Waals surface area (Å²) in [6.07, 6.45) is 9.97. The minimum Gasteiger partial charge on any atom is -0.478 e. The molecule has 0 saturated carbocycles. The van der Waals surface area contributed by atoms with E-state index in [2.05, 4.69) is 13.8 Å². The summed E-state index contributed by atoms with van der Waals surface area (Å²) in [5.74, 6) is -0.879. The quantitative estimate of drug-likeness (QED) is 0.680. The van der Waals surface area contributed by atoms with Crippen LogP contribution in [0.4, 0.5) is 0 Å². The molecule has 1 N–H and O–H groups in total. The van der Waals surface area contributed by atoms with Crippen LogP contribution in [-0.4, -0.2) is 11.1 Å². The summed E-state index contributed by atoms with van der Waals surface area (Å²) in [5.41, 5.74) is 0.331. The van der Waals surface area contributed by atoms with Crippen LogP contribution in [0.3, 0.4) is 0 Å². The van der Waals surface area contributed by atoms with E-state index >= 15 is 0 Å². The number of aromatic carboxylic acids is 1. The molecule has 0 unspecified atom stereocenters. The molecule has 0 aliphatic carbocycles. The van der Waals surface area contributed by atoms with Crippen LogP contribution in [-0.2, 0) is 0 Å². The maximum Gasteiger partial charge on any atom is 0.335 e. The maximum atomic E-state index is 10.2. The molecule has 1 rings (SSSR count). The zero-order valence-electron chi connectivity index (χ0n) is 11.7. The lowest BCUT2D eigenvalue weighted by atomic mass is 10.1. The van der Waals surface area contributed by atoms with Crippen LogP contribution in [0.1, 0.15) is 69.2 Å². The molecule has 2 nitrogen and oxygen atoms in total. The lowest BCUT2D eigenvalue weighted by molar-refractivity contribution is 0.0697. The monoisotopic (exact) mass is 250 g/mol. The summed E-state index contributed by atoms with van der Waals surface area (Å²) in [6.45, 7) is 4.53. The molecule has 0 aromatic heterocycles. The summed E-state index contributed by atoms with van der Waals surface area (Å²) in [4.78, 5) is 10.2. The minimum absolute atomic E-state index is 0.331. The molecular weight excluding hydrogens is 224 g/mol. The first-order valence-electron chi connectivity index (χ1n) is 7.00. The zero-order valence-corrected chi connectivity index (χ0v) is 11.7. The fourth-order valence-corrected chi connectivity index (χ4v) is 1.61. The average molecular weight is 250 g/mol. The van der Waals surface area contributed by atoms with E-state index in [0.717, 1.165) is 0 Å². The van der Waals surface area contributed by atoms with E-state index in [1.807, 2.05) is 0 Å². The van der Waals surface area contributed by atoms with Crippen molar-refractivity contribution in [2.45, 2.75) is 58.8 Å². The molecule has 102 valence electrons. The highest BCUT2D eigenvalue weighted by molar-refractivity contribution is 5.87. The highest BCUT2D eigenvalue weighted by Crippen LogP contribution is 2.05. The van der Waals surface area contributed by atoms with Crippen LogP contribution in [0.25, 0.3) is 0 Å². The van der Waals surface area contributed by atoms with Gasteiger partial charge in [0.2, 0.25) is 0 Å². The lowest BCUT2D eigenvalue weighted by Gasteiger charge is -1.96. The van der Waals surface area contributed by atoms with Gasteiger partial charge in [-0.05, 0) is 12.1 Å². The highest BCUT2D eigenvalue weighted by Gasteiger charge is 1.96. The fourth-order valence-electron chi connectivity index (χ4n) is 1.61. The van der Waals surface area contributed by atoms with Crippen molar-refractivity contribution in [3.8, 4) is 0 Å². The van der Waals surface area contributed by atoms with E-state index in [4.69, 9.17) is 5.11 Å².